The van der Waals surface area contributed by atoms with Gasteiger partial charge in [0, 0.05) is 19.8 Å². The summed E-state index contributed by atoms with van der Waals surface area (Å²) < 4.78 is 22.1. The van der Waals surface area contributed by atoms with E-state index in [2.05, 4.69) is 78.0 Å². The van der Waals surface area contributed by atoms with Crippen LogP contribution in [0.2, 0.25) is 0 Å². The van der Waals surface area contributed by atoms with Gasteiger partial charge >= 0.3 is 0 Å². The van der Waals surface area contributed by atoms with Crippen molar-refractivity contribution in [3.05, 3.63) is 57.6 Å². The second kappa shape index (κ2) is 11.4. The Morgan fingerprint density at radius 1 is 0.710 bits per heavy atom. The van der Waals surface area contributed by atoms with Crippen LogP contribution in [0.5, 0.6) is 11.5 Å². The highest BCUT2D eigenvalue weighted by atomic mass is 16.5. The number of rotatable bonds is 10. The molecule has 0 saturated carbocycles. The molecule has 0 amide bonds. The average molecular weight is 427 g/mol. The van der Waals surface area contributed by atoms with E-state index >= 15 is 0 Å². The van der Waals surface area contributed by atoms with Crippen LogP contribution in [0, 0.1) is 20.8 Å². The smallest absolute Gasteiger partial charge is 0.125 e. The molecule has 0 heterocycles. The van der Waals surface area contributed by atoms with Crippen molar-refractivity contribution in [3.8, 4) is 11.5 Å². The second-order valence-electron chi connectivity index (χ2n) is 8.95. The van der Waals surface area contributed by atoms with E-state index < -0.39 is 0 Å². The Balaban J connectivity index is 2.31. The molecule has 0 aliphatic carbocycles. The minimum Gasteiger partial charge on any atom is -0.491 e. The third kappa shape index (κ3) is 7.12. The van der Waals surface area contributed by atoms with Crippen LogP contribution in [0.3, 0.4) is 0 Å². The van der Waals surface area contributed by atoms with E-state index in [1.54, 1.807) is 14.2 Å². The van der Waals surface area contributed by atoms with E-state index in [4.69, 9.17) is 18.9 Å². The first-order chi connectivity index (χ1) is 14.7. The first-order valence-corrected chi connectivity index (χ1v) is 10.8. The fourth-order valence-corrected chi connectivity index (χ4v) is 3.54. The molecule has 0 saturated heterocycles. The topological polar surface area (TPSA) is 36.9 Å². The predicted octanol–water partition coefficient (Wildman–Crippen LogP) is 6.13. The molecule has 0 N–H and O–H groups in total. The van der Waals surface area contributed by atoms with Gasteiger partial charge in [0.1, 0.15) is 24.7 Å². The summed E-state index contributed by atoms with van der Waals surface area (Å²) in [7, 11) is 3.37. The Morgan fingerprint density at radius 2 is 1.29 bits per heavy atom. The molecule has 0 aliphatic heterocycles. The van der Waals surface area contributed by atoms with Gasteiger partial charge in [0.2, 0.25) is 0 Å². The maximum Gasteiger partial charge on any atom is 0.125 e. The van der Waals surface area contributed by atoms with Crippen molar-refractivity contribution in [3.63, 3.8) is 0 Å². The van der Waals surface area contributed by atoms with E-state index in [0.29, 0.717) is 26.4 Å². The van der Waals surface area contributed by atoms with Gasteiger partial charge in [-0.1, -0.05) is 32.9 Å². The fourth-order valence-electron chi connectivity index (χ4n) is 3.54. The Kier molecular flexibility index (Phi) is 9.15. The molecule has 0 atom stereocenters. The maximum atomic E-state index is 6.02. The first kappa shape index (κ1) is 25.0. The van der Waals surface area contributed by atoms with Gasteiger partial charge in [-0.05, 0) is 78.3 Å². The van der Waals surface area contributed by atoms with Gasteiger partial charge in [0.25, 0.3) is 0 Å². The molecule has 0 aromatic heterocycles. The SMILES string of the molecule is COCCOc1cc(C)c(/C=C/c2cc(C)c(OCCOC)c(C)c2)cc1C(C)(C)C. The molecule has 0 aliphatic rings. The number of aryl methyl sites for hydroxylation is 3. The molecule has 2 aromatic carbocycles. The van der Waals surface area contributed by atoms with Crippen molar-refractivity contribution in [2.75, 3.05) is 40.6 Å². The summed E-state index contributed by atoms with van der Waals surface area (Å²) in [5.74, 6) is 1.88. The lowest BCUT2D eigenvalue weighted by Crippen LogP contribution is -2.15. The number of methoxy groups -OCH3 is 2. The molecule has 0 unspecified atom stereocenters. The third-order valence-corrected chi connectivity index (χ3v) is 5.19. The largest absolute Gasteiger partial charge is 0.491 e. The van der Waals surface area contributed by atoms with Gasteiger partial charge in [0.15, 0.2) is 0 Å². The lowest BCUT2D eigenvalue weighted by atomic mass is 9.84. The van der Waals surface area contributed by atoms with Crippen LogP contribution in [-0.2, 0) is 14.9 Å². The number of ether oxygens (including phenoxy) is 4. The highest BCUT2D eigenvalue weighted by Gasteiger charge is 2.20. The highest BCUT2D eigenvalue weighted by molar-refractivity contribution is 5.73. The highest BCUT2D eigenvalue weighted by Crippen LogP contribution is 2.35. The third-order valence-electron chi connectivity index (χ3n) is 5.19. The zero-order valence-electron chi connectivity index (χ0n) is 20.4. The van der Waals surface area contributed by atoms with E-state index in [1.807, 2.05) is 0 Å². The van der Waals surface area contributed by atoms with E-state index in [0.717, 1.165) is 28.2 Å². The van der Waals surface area contributed by atoms with Crippen LogP contribution in [0.15, 0.2) is 24.3 Å². The molecule has 0 radical (unpaired) electrons. The molecule has 4 heteroatoms. The summed E-state index contributed by atoms with van der Waals surface area (Å²) >= 11 is 0. The Labute approximate surface area is 188 Å². The molecule has 2 aromatic rings. The summed E-state index contributed by atoms with van der Waals surface area (Å²) in [4.78, 5) is 0. The number of hydrogen-bond donors (Lipinski definition) is 0. The Hall–Kier alpha value is -2.30. The van der Waals surface area contributed by atoms with Gasteiger partial charge in [-0.25, -0.2) is 0 Å². The standard InChI is InChI=1S/C27H38O4/c1-19-17-25(30-13-11-28-7)24(27(4,5)6)18-23(19)10-9-22-15-20(2)26(21(3)16-22)31-14-12-29-8/h9-10,15-18H,11-14H2,1-8H3/b10-9+. The van der Waals surface area contributed by atoms with Crippen molar-refractivity contribution in [1.82, 2.24) is 0 Å². The molecular weight excluding hydrogens is 388 g/mol. The summed E-state index contributed by atoms with van der Waals surface area (Å²) in [6.45, 7) is 15.2. The van der Waals surface area contributed by atoms with Gasteiger partial charge in [-0.15, -0.1) is 0 Å². The van der Waals surface area contributed by atoms with Gasteiger partial charge < -0.3 is 18.9 Å². The van der Waals surface area contributed by atoms with Crippen LogP contribution >= 0.6 is 0 Å². The van der Waals surface area contributed by atoms with E-state index in [-0.39, 0.29) is 5.41 Å². The molecule has 170 valence electrons. The van der Waals surface area contributed by atoms with Crippen molar-refractivity contribution in [2.45, 2.75) is 47.0 Å². The van der Waals surface area contributed by atoms with Crippen LogP contribution in [-0.4, -0.2) is 40.6 Å². The summed E-state index contributed by atoms with van der Waals surface area (Å²) in [6.07, 6.45) is 4.35. The minimum atomic E-state index is -0.0208. The van der Waals surface area contributed by atoms with Crippen molar-refractivity contribution >= 4 is 12.2 Å². The Bertz CT molecular complexity index is 868. The normalized spacial score (nSPS) is 11.9. The lowest BCUT2D eigenvalue weighted by molar-refractivity contribution is 0.145. The van der Waals surface area contributed by atoms with Crippen molar-refractivity contribution in [1.29, 1.82) is 0 Å². The molecule has 0 spiro atoms. The van der Waals surface area contributed by atoms with Gasteiger partial charge in [0.05, 0.1) is 13.2 Å². The van der Waals surface area contributed by atoms with E-state index in [9.17, 15) is 0 Å². The summed E-state index contributed by atoms with van der Waals surface area (Å²) in [5, 5.41) is 0. The monoisotopic (exact) mass is 426 g/mol. The predicted molar refractivity (Wildman–Crippen MR) is 129 cm³/mol. The molecule has 0 fully saturated rings. The van der Waals surface area contributed by atoms with E-state index in [1.165, 1.54) is 16.7 Å². The summed E-state index contributed by atoms with van der Waals surface area (Å²) in [5.41, 5.74) is 6.97. The van der Waals surface area contributed by atoms with Gasteiger partial charge in [-0.3, -0.25) is 0 Å². The molecule has 31 heavy (non-hydrogen) atoms. The molecular formula is C27H38O4. The molecule has 2 rings (SSSR count). The fraction of sp³-hybridized carbons (Fsp3) is 0.481. The van der Waals surface area contributed by atoms with Crippen LogP contribution in [0.4, 0.5) is 0 Å². The van der Waals surface area contributed by atoms with Crippen molar-refractivity contribution in [2.24, 2.45) is 0 Å². The van der Waals surface area contributed by atoms with Crippen LogP contribution in [0.1, 0.15) is 54.2 Å². The number of hydrogen-bond acceptors (Lipinski definition) is 4. The quantitative estimate of drug-likeness (QED) is 0.338. The average Bonchev–Trinajstić information content (AvgIpc) is 2.68. The van der Waals surface area contributed by atoms with Crippen molar-refractivity contribution < 1.29 is 18.9 Å². The molecule has 0 bridgehead atoms. The number of benzene rings is 2. The molecule has 4 nitrogen and oxygen atoms in total. The second-order valence-corrected chi connectivity index (χ2v) is 8.95. The minimum absolute atomic E-state index is 0.0208. The van der Waals surface area contributed by atoms with Crippen LogP contribution in [0.25, 0.3) is 12.2 Å². The lowest BCUT2D eigenvalue weighted by Gasteiger charge is -2.24. The zero-order chi connectivity index (χ0) is 23.0. The zero-order valence-corrected chi connectivity index (χ0v) is 20.4. The summed E-state index contributed by atoms with van der Waals surface area (Å²) in [6, 6.07) is 8.71. The van der Waals surface area contributed by atoms with Crippen LogP contribution < -0.4 is 9.47 Å². The first-order valence-electron chi connectivity index (χ1n) is 10.8. The Morgan fingerprint density at radius 3 is 1.84 bits per heavy atom. The maximum absolute atomic E-state index is 6.02. The van der Waals surface area contributed by atoms with Gasteiger partial charge in [-0.2, -0.15) is 0 Å².